The van der Waals surface area contributed by atoms with Crippen LogP contribution in [-0.2, 0) is 42.9 Å². The van der Waals surface area contributed by atoms with Gasteiger partial charge in [0, 0.05) is 19.3 Å². The molecule has 1 aliphatic rings. The van der Waals surface area contributed by atoms with E-state index in [0.29, 0.717) is 19.3 Å². The molecule has 1 rings (SSSR count). The van der Waals surface area contributed by atoms with Crippen LogP contribution in [0.2, 0.25) is 0 Å². The smallest absolute Gasteiger partial charge is 0.335 e. The number of aliphatic carboxylic acids is 1. The summed E-state index contributed by atoms with van der Waals surface area (Å²) in [6.45, 7) is 5.86. The predicted molar refractivity (Wildman–Crippen MR) is 312 cm³/mol. The van der Waals surface area contributed by atoms with Crippen molar-refractivity contribution >= 4 is 23.9 Å². The number of hydrogen-bond donors (Lipinski definition) is 3. The van der Waals surface area contributed by atoms with Crippen LogP contribution in [0.3, 0.4) is 0 Å². The van der Waals surface area contributed by atoms with Gasteiger partial charge in [0.15, 0.2) is 24.6 Å². The van der Waals surface area contributed by atoms with E-state index in [1.807, 2.05) is 0 Å². The molecule has 0 spiro atoms. The molecule has 0 saturated carbocycles. The number of ether oxygens (including phenoxy) is 5. The highest BCUT2D eigenvalue weighted by atomic mass is 16.7. The first kappa shape index (κ1) is 71.4. The van der Waals surface area contributed by atoms with E-state index in [9.17, 15) is 34.5 Å². The molecule has 1 saturated heterocycles. The van der Waals surface area contributed by atoms with Crippen LogP contribution in [0, 0.1) is 0 Å². The number of esters is 3. The van der Waals surface area contributed by atoms with Gasteiger partial charge in [-0.2, -0.15) is 0 Å². The van der Waals surface area contributed by atoms with Gasteiger partial charge in [-0.05, 0) is 83.5 Å². The molecule has 1 heterocycles. The number of rotatable bonds is 53. The van der Waals surface area contributed by atoms with Crippen LogP contribution in [0.25, 0.3) is 0 Å². The molecule has 6 atom stereocenters. The Kier molecular flexibility index (Phi) is 49.2. The third kappa shape index (κ3) is 43.0. The van der Waals surface area contributed by atoms with Crippen LogP contribution in [0.1, 0.15) is 278 Å². The topological polar surface area (TPSA) is 175 Å². The zero-order valence-corrected chi connectivity index (χ0v) is 49.0. The summed E-state index contributed by atoms with van der Waals surface area (Å²) in [4.78, 5) is 51.2. The zero-order valence-electron chi connectivity index (χ0n) is 49.0. The molecule has 0 aromatic carbocycles. The van der Waals surface area contributed by atoms with Crippen molar-refractivity contribution in [1.82, 2.24) is 0 Å². The maximum atomic E-state index is 13.2. The lowest BCUT2D eigenvalue weighted by molar-refractivity contribution is -0.301. The minimum absolute atomic E-state index is 0.0396. The molecule has 1 aliphatic heterocycles. The number of carboxylic acid groups (broad SMARTS) is 1. The van der Waals surface area contributed by atoms with Gasteiger partial charge in [0.25, 0.3) is 0 Å². The van der Waals surface area contributed by atoms with Crippen molar-refractivity contribution in [2.45, 2.75) is 314 Å². The van der Waals surface area contributed by atoms with E-state index >= 15 is 0 Å². The number of unbranched alkanes of at least 4 members (excludes halogenated alkanes) is 29. The lowest BCUT2D eigenvalue weighted by atomic mass is 9.98. The Balaban J connectivity index is 2.68. The maximum Gasteiger partial charge on any atom is 0.335 e. The van der Waals surface area contributed by atoms with Crippen molar-refractivity contribution in [3.63, 3.8) is 0 Å². The van der Waals surface area contributed by atoms with E-state index in [4.69, 9.17) is 23.7 Å². The summed E-state index contributed by atoms with van der Waals surface area (Å²) in [5, 5.41) is 31.5. The molecule has 12 heteroatoms. The molecule has 444 valence electrons. The number of aliphatic hydroxyl groups excluding tert-OH is 2. The molecule has 6 unspecified atom stereocenters. The molecule has 0 bridgehead atoms. The monoisotopic (exact) mass is 1080 g/mol. The van der Waals surface area contributed by atoms with E-state index in [2.05, 4.69) is 81.5 Å². The van der Waals surface area contributed by atoms with E-state index in [-0.39, 0.29) is 25.9 Å². The predicted octanol–water partition coefficient (Wildman–Crippen LogP) is 16.3. The fourth-order valence-corrected chi connectivity index (χ4v) is 9.30. The van der Waals surface area contributed by atoms with Crippen LogP contribution in [0.4, 0.5) is 0 Å². The molecular formula is C65H112O12. The van der Waals surface area contributed by atoms with Crippen LogP contribution < -0.4 is 0 Å². The first-order chi connectivity index (χ1) is 37.6. The Hall–Kier alpha value is -3.58. The van der Waals surface area contributed by atoms with Gasteiger partial charge in [0.1, 0.15) is 18.8 Å². The van der Waals surface area contributed by atoms with E-state index in [0.717, 1.165) is 116 Å². The summed E-state index contributed by atoms with van der Waals surface area (Å²) in [5.41, 5.74) is 0. The first-order valence-corrected chi connectivity index (χ1v) is 31.3. The molecule has 0 aromatic rings. The van der Waals surface area contributed by atoms with Gasteiger partial charge in [-0.25, -0.2) is 4.79 Å². The maximum absolute atomic E-state index is 13.2. The van der Waals surface area contributed by atoms with Crippen LogP contribution in [-0.4, -0.2) is 89.2 Å². The lowest BCUT2D eigenvalue weighted by Gasteiger charge is -2.40. The molecule has 1 fully saturated rings. The molecule has 0 aromatic heterocycles. The van der Waals surface area contributed by atoms with Gasteiger partial charge in [0.2, 0.25) is 0 Å². The molecule has 3 N–H and O–H groups in total. The van der Waals surface area contributed by atoms with Crippen molar-refractivity contribution in [2.24, 2.45) is 0 Å². The molecule has 0 aliphatic carbocycles. The number of allylic oxidation sites excluding steroid dienone is 10. The van der Waals surface area contributed by atoms with Crippen molar-refractivity contribution in [2.75, 3.05) is 13.2 Å². The summed E-state index contributed by atoms with van der Waals surface area (Å²) in [6, 6.07) is 0. The minimum Gasteiger partial charge on any atom is -0.479 e. The summed E-state index contributed by atoms with van der Waals surface area (Å²) < 4.78 is 28.5. The van der Waals surface area contributed by atoms with Crippen molar-refractivity contribution in [3.8, 4) is 0 Å². The molecule has 12 nitrogen and oxygen atoms in total. The highest BCUT2D eigenvalue weighted by Gasteiger charge is 2.50. The quantitative estimate of drug-likeness (QED) is 0.0228. The summed E-state index contributed by atoms with van der Waals surface area (Å²) in [6.07, 6.45) is 53.2. The Morgan fingerprint density at radius 3 is 1.27 bits per heavy atom. The standard InChI is InChI=1S/C65H112O12/c1-4-7-10-13-16-19-22-25-28-29-32-33-36-39-42-45-48-51-57(66)73-54-56(75-58(67)52-49-46-43-40-37-34-30-26-23-20-17-14-11-8-5-2)55-74-65-63(61(70)60(69)62(77-65)64(71)72)76-59(68)53-50-47-44-41-38-35-31-27-24-21-18-15-12-9-6-3/h9,12,17-18,20-21,26-27,30-31,56,60-63,65,69-70H,4-8,10-11,13-16,19,22-25,28-29,32-55H2,1-3H3,(H,71,72)/b12-9-,20-17-,21-18-,30-26-,31-27-. The van der Waals surface area contributed by atoms with Gasteiger partial charge < -0.3 is 39.0 Å². The zero-order chi connectivity index (χ0) is 56.1. The number of aliphatic hydroxyl groups is 2. The van der Waals surface area contributed by atoms with Crippen molar-refractivity contribution < 1.29 is 58.2 Å². The van der Waals surface area contributed by atoms with Crippen LogP contribution in [0.15, 0.2) is 60.8 Å². The number of carbonyl (C=O) groups excluding carboxylic acids is 3. The highest BCUT2D eigenvalue weighted by Crippen LogP contribution is 2.26. The third-order valence-electron chi connectivity index (χ3n) is 14.1. The van der Waals surface area contributed by atoms with E-state index in [1.54, 1.807) is 0 Å². The van der Waals surface area contributed by atoms with Crippen molar-refractivity contribution in [1.29, 1.82) is 0 Å². The molecule has 77 heavy (non-hydrogen) atoms. The highest BCUT2D eigenvalue weighted by molar-refractivity contribution is 5.74. The average molecular weight is 1090 g/mol. The fraction of sp³-hybridized carbons (Fsp3) is 0.785. The van der Waals surface area contributed by atoms with Gasteiger partial charge in [-0.1, -0.05) is 236 Å². The molecule has 0 amide bonds. The van der Waals surface area contributed by atoms with Crippen molar-refractivity contribution in [3.05, 3.63) is 60.8 Å². The summed E-state index contributed by atoms with van der Waals surface area (Å²) in [5.74, 6) is -3.14. The van der Waals surface area contributed by atoms with Gasteiger partial charge in [-0.3, -0.25) is 14.4 Å². The van der Waals surface area contributed by atoms with E-state index < -0.39 is 67.3 Å². The largest absolute Gasteiger partial charge is 0.479 e. The normalized spacial score (nSPS) is 18.4. The van der Waals surface area contributed by atoms with Gasteiger partial charge >= 0.3 is 23.9 Å². The second kappa shape index (κ2) is 53.1. The van der Waals surface area contributed by atoms with Gasteiger partial charge in [-0.15, -0.1) is 0 Å². The SMILES string of the molecule is CC/C=C\C/C=C\C/C=C\CCCCCCCC(=O)OC1C(OCC(COC(=O)CCCCCCCCCCCCCCCCCCC)OC(=O)CCCCCCC/C=C\C/C=C\CCCCC)OC(C(=O)O)C(O)C1O. The van der Waals surface area contributed by atoms with Gasteiger partial charge in [0.05, 0.1) is 6.61 Å². The molecule has 0 radical (unpaired) electrons. The molecular weight excluding hydrogens is 973 g/mol. The Morgan fingerprint density at radius 1 is 0.442 bits per heavy atom. The number of hydrogen-bond acceptors (Lipinski definition) is 11. The minimum atomic E-state index is -1.91. The second-order valence-electron chi connectivity index (χ2n) is 21.3. The lowest BCUT2D eigenvalue weighted by Crippen LogP contribution is -2.61. The number of carboxylic acids is 1. The Bertz CT molecular complexity index is 1570. The summed E-state index contributed by atoms with van der Waals surface area (Å²) >= 11 is 0. The Labute approximate surface area is 468 Å². The average Bonchev–Trinajstić information content (AvgIpc) is 3.43. The first-order valence-electron chi connectivity index (χ1n) is 31.3. The Morgan fingerprint density at radius 2 is 0.818 bits per heavy atom. The van der Waals surface area contributed by atoms with Crippen LogP contribution >= 0.6 is 0 Å². The van der Waals surface area contributed by atoms with E-state index in [1.165, 1.54) is 103 Å². The summed E-state index contributed by atoms with van der Waals surface area (Å²) in [7, 11) is 0. The van der Waals surface area contributed by atoms with Crippen LogP contribution in [0.5, 0.6) is 0 Å². The fourth-order valence-electron chi connectivity index (χ4n) is 9.30. The third-order valence-corrected chi connectivity index (χ3v) is 14.1. The second-order valence-corrected chi connectivity index (χ2v) is 21.3. The number of carbonyl (C=O) groups is 4.